The highest BCUT2D eigenvalue weighted by atomic mass is 35.5. The smallest absolute Gasteiger partial charge is 0.234 e. The maximum atomic E-state index is 12.3. The standard InChI is InChI=1S/C11H7ClF3NO/c12-10-8(4-2-1-3-7-17)5-6-9(16-10)11(13,14)15/h2-6H,1H2/b4-2+. The number of carbonyl (C=O) groups excluding carboxylic acids is 1. The third kappa shape index (κ3) is 4.06. The van der Waals surface area contributed by atoms with Crippen molar-refractivity contribution in [3.05, 3.63) is 40.7 Å². The summed E-state index contributed by atoms with van der Waals surface area (Å²) in [6.07, 6.45) is 0.124. The second-order valence-electron chi connectivity index (χ2n) is 3.03. The quantitative estimate of drug-likeness (QED) is 0.615. The third-order valence-electron chi connectivity index (χ3n) is 1.80. The van der Waals surface area contributed by atoms with Crippen LogP contribution in [-0.4, -0.2) is 10.9 Å². The zero-order valence-electron chi connectivity index (χ0n) is 8.46. The highest BCUT2D eigenvalue weighted by Gasteiger charge is 2.32. The van der Waals surface area contributed by atoms with Crippen LogP contribution < -0.4 is 0 Å². The van der Waals surface area contributed by atoms with Crippen LogP contribution in [0.4, 0.5) is 13.2 Å². The lowest BCUT2D eigenvalue weighted by molar-refractivity contribution is -0.141. The average molecular weight is 262 g/mol. The van der Waals surface area contributed by atoms with Gasteiger partial charge in [-0.2, -0.15) is 13.2 Å². The molecule has 0 aliphatic heterocycles. The Morgan fingerprint density at radius 1 is 1.41 bits per heavy atom. The van der Waals surface area contributed by atoms with Crippen LogP contribution in [0.3, 0.4) is 0 Å². The molecular weight excluding hydrogens is 255 g/mol. The summed E-state index contributed by atoms with van der Waals surface area (Å²) in [6.45, 7) is 0. The first-order chi connectivity index (χ1) is 7.95. The van der Waals surface area contributed by atoms with E-state index in [-0.39, 0.29) is 5.15 Å². The highest BCUT2D eigenvalue weighted by Crippen LogP contribution is 2.29. The zero-order chi connectivity index (χ0) is 12.9. The molecule has 1 aromatic heterocycles. The van der Waals surface area contributed by atoms with Crippen LogP contribution in [0.5, 0.6) is 0 Å². The van der Waals surface area contributed by atoms with Crippen molar-refractivity contribution in [2.24, 2.45) is 0 Å². The number of nitrogens with zero attached hydrogens (tertiary/aromatic N) is 1. The molecule has 0 saturated carbocycles. The summed E-state index contributed by atoms with van der Waals surface area (Å²) in [6, 6.07) is 2.07. The summed E-state index contributed by atoms with van der Waals surface area (Å²) in [5.41, 5.74) is -0.675. The Kier molecular flexibility index (Phi) is 4.49. The van der Waals surface area contributed by atoms with Crippen molar-refractivity contribution in [3.63, 3.8) is 0 Å². The van der Waals surface area contributed by atoms with Gasteiger partial charge in [0.1, 0.15) is 16.8 Å². The van der Waals surface area contributed by atoms with Gasteiger partial charge in [-0.25, -0.2) is 9.78 Å². The van der Waals surface area contributed by atoms with Crippen LogP contribution in [0.25, 0.3) is 6.08 Å². The van der Waals surface area contributed by atoms with Gasteiger partial charge in [-0.3, -0.25) is 0 Å². The molecule has 0 amide bonds. The minimum Gasteiger partial charge on any atom is -0.234 e. The first-order valence-corrected chi connectivity index (χ1v) is 4.92. The molecule has 0 saturated heterocycles. The van der Waals surface area contributed by atoms with Gasteiger partial charge >= 0.3 is 6.18 Å². The molecule has 1 aromatic rings. The van der Waals surface area contributed by atoms with Crippen LogP contribution in [-0.2, 0) is 11.0 Å². The van der Waals surface area contributed by atoms with E-state index in [1.165, 1.54) is 18.2 Å². The first kappa shape index (κ1) is 13.5. The largest absolute Gasteiger partial charge is 0.433 e. The second-order valence-corrected chi connectivity index (χ2v) is 3.39. The fraction of sp³-hybridized carbons (Fsp3) is 0.182. The van der Waals surface area contributed by atoms with Gasteiger partial charge in [0, 0.05) is 11.6 Å². The summed E-state index contributed by atoms with van der Waals surface area (Å²) in [7, 11) is 0. The predicted octanol–water partition coefficient (Wildman–Crippen LogP) is 3.54. The van der Waals surface area contributed by atoms with E-state index in [0.717, 1.165) is 6.07 Å². The number of alkyl halides is 3. The van der Waals surface area contributed by atoms with Crippen LogP contribution in [0, 0.1) is 0 Å². The van der Waals surface area contributed by atoms with Crippen molar-refractivity contribution in [2.75, 3.05) is 0 Å². The Bertz CT molecular complexity index is 476. The number of pyridine rings is 1. The topological polar surface area (TPSA) is 30.0 Å². The van der Waals surface area contributed by atoms with Crippen molar-refractivity contribution >= 4 is 23.6 Å². The van der Waals surface area contributed by atoms with Crippen LogP contribution in [0.15, 0.2) is 24.3 Å². The molecular formula is C11H7ClF3NO. The summed E-state index contributed by atoms with van der Waals surface area (Å²) >= 11 is 5.60. The zero-order valence-corrected chi connectivity index (χ0v) is 9.22. The molecule has 90 valence electrons. The molecule has 0 N–H and O–H groups in total. The van der Waals surface area contributed by atoms with Gasteiger partial charge in [0.25, 0.3) is 0 Å². The molecule has 0 aromatic carbocycles. The molecule has 2 nitrogen and oxygen atoms in total. The number of hydrogen-bond acceptors (Lipinski definition) is 2. The maximum absolute atomic E-state index is 12.3. The minimum atomic E-state index is -4.51. The molecule has 0 aliphatic carbocycles. The third-order valence-corrected chi connectivity index (χ3v) is 2.11. The van der Waals surface area contributed by atoms with Crippen molar-refractivity contribution in [1.29, 1.82) is 0 Å². The lowest BCUT2D eigenvalue weighted by Crippen LogP contribution is -2.07. The van der Waals surface area contributed by atoms with Crippen LogP contribution in [0.1, 0.15) is 17.7 Å². The van der Waals surface area contributed by atoms with Crippen molar-refractivity contribution < 1.29 is 18.0 Å². The van der Waals surface area contributed by atoms with Crippen molar-refractivity contribution in [3.8, 4) is 0 Å². The molecule has 17 heavy (non-hydrogen) atoms. The molecule has 0 bridgehead atoms. The number of aromatic nitrogens is 1. The van der Waals surface area contributed by atoms with E-state index < -0.39 is 11.9 Å². The number of allylic oxidation sites excluding steroid dienone is 2. The predicted molar refractivity (Wildman–Crippen MR) is 58.2 cm³/mol. The van der Waals surface area contributed by atoms with Crippen molar-refractivity contribution in [2.45, 2.75) is 12.6 Å². The molecule has 0 fully saturated rings. The van der Waals surface area contributed by atoms with Gasteiger partial charge < -0.3 is 0 Å². The van der Waals surface area contributed by atoms with E-state index in [0.29, 0.717) is 12.0 Å². The Hall–Kier alpha value is -1.58. The second kappa shape index (κ2) is 5.66. The van der Waals surface area contributed by atoms with E-state index in [4.69, 9.17) is 11.6 Å². The molecule has 0 unspecified atom stereocenters. The Morgan fingerprint density at radius 3 is 2.65 bits per heavy atom. The first-order valence-electron chi connectivity index (χ1n) is 4.55. The normalized spacial score (nSPS) is 11.5. The maximum Gasteiger partial charge on any atom is 0.433 e. The molecule has 0 aliphatic rings. The van der Waals surface area contributed by atoms with Gasteiger partial charge in [-0.1, -0.05) is 23.8 Å². The summed E-state index contributed by atoms with van der Waals surface area (Å²) < 4.78 is 36.8. The SMILES string of the molecule is O=C=CC/C=C/c1ccc(C(F)(F)F)nc1Cl. The van der Waals surface area contributed by atoms with E-state index >= 15 is 0 Å². The number of rotatable bonds is 3. The van der Waals surface area contributed by atoms with E-state index in [2.05, 4.69) is 4.98 Å². The molecule has 0 atom stereocenters. The highest BCUT2D eigenvalue weighted by molar-refractivity contribution is 6.30. The molecule has 1 rings (SSSR count). The van der Waals surface area contributed by atoms with Gasteiger partial charge in [-0.05, 0) is 18.6 Å². The van der Waals surface area contributed by atoms with E-state index in [1.807, 2.05) is 0 Å². The monoisotopic (exact) mass is 261 g/mol. The summed E-state index contributed by atoms with van der Waals surface area (Å²) in [5, 5.41) is -0.230. The summed E-state index contributed by atoms with van der Waals surface area (Å²) in [5.74, 6) is 1.57. The fourth-order valence-electron chi connectivity index (χ4n) is 1.04. The Balaban J connectivity index is 2.90. The molecule has 0 spiro atoms. The Morgan fingerprint density at radius 2 is 2.12 bits per heavy atom. The van der Waals surface area contributed by atoms with E-state index in [1.54, 1.807) is 12.0 Å². The van der Waals surface area contributed by atoms with Gasteiger partial charge in [-0.15, -0.1) is 0 Å². The molecule has 6 heteroatoms. The fourth-order valence-corrected chi connectivity index (χ4v) is 1.26. The number of halogens is 4. The van der Waals surface area contributed by atoms with Gasteiger partial charge in [0.15, 0.2) is 0 Å². The van der Waals surface area contributed by atoms with Gasteiger partial charge in [0.2, 0.25) is 0 Å². The number of hydrogen-bond donors (Lipinski definition) is 0. The van der Waals surface area contributed by atoms with Crippen LogP contribution >= 0.6 is 11.6 Å². The molecule has 0 radical (unpaired) electrons. The molecule has 1 heterocycles. The summed E-state index contributed by atoms with van der Waals surface area (Å²) in [4.78, 5) is 13.1. The average Bonchev–Trinajstić information content (AvgIpc) is 2.24. The van der Waals surface area contributed by atoms with E-state index in [9.17, 15) is 18.0 Å². The van der Waals surface area contributed by atoms with Crippen LogP contribution in [0.2, 0.25) is 5.15 Å². The lowest BCUT2D eigenvalue weighted by atomic mass is 10.2. The van der Waals surface area contributed by atoms with Gasteiger partial charge in [0.05, 0.1) is 0 Å². The lowest BCUT2D eigenvalue weighted by Gasteiger charge is -2.06. The minimum absolute atomic E-state index is 0.230. The van der Waals surface area contributed by atoms with Crippen molar-refractivity contribution in [1.82, 2.24) is 4.98 Å². The Labute approximate surface area is 100 Å².